The summed E-state index contributed by atoms with van der Waals surface area (Å²) in [5.41, 5.74) is 5.77. The van der Waals surface area contributed by atoms with Crippen molar-refractivity contribution < 1.29 is 9.32 Å². The molecule has 0 bridgehead atoms. The van der Waals surface area contributed by atoms with Gasteiger partial charge in [0, 0.05) is 19.5 Å². The average molecular weight is 252 g/mol. The Morgan fingerprint density at radius 2 is 2.33 bits per heavy atom. The smallest absolute Gasteiger partial charge is 0.295 e. The maximum Gasteiger partial charge on any atom is 0.295 e. The number of amides is 1. The van der Waals surface area contributed by atoms with E-state index in [0.29, 0.717) is 24.9 Å². The normalized spacial score (nSPS) is 23.3. The van der Waals surface area contributed by atoms with Gasteiger partial charge in [0.2, 0.25) is 5.89 Å². The van der Waals surface area contributed by atoms with Gasteiger partial charge in [-0.15, -0.1) is 0 Å². The van der Waals surface area contributed by atoms with Crippen molar-refractivity contribution in [1.29, 1.82) is 0 Å². The Morgan fingerprint density at radius 3 is 2.89 bits per heavy atom. The van der Waals surface area contributed by atoms with Gasteiger partial charge in [-0.1, -0.05) is 11.6 Å². The first-order valence-corrected chi connectivity index (χ1v) is 6.48. The molecule has 0 radical (unpaired) electrons. The van der Waals surface area contributed by atoms with Crippen LogP contribution in [0.15, 0.2) is 4.52 Å². The molecule has 1 heterocycles. The summed E-state index contributed by atoms with van der Waals surface area (Å²) in [6, 6.07) is 0.214. The molecule has 6 heteroatoms. The first-order valence-electron chi connectivity index (χ1n) is 6.48. The fraction of sp³-hybridized carbons (Fsp3) is 0.750. The standard InChI is InChI=1S/C12H20N4O2/c1-3-16(10-6-4-5-9(10)7-13)12(17)11-14-8(2)18-15-11/h9-10H,3-7,13H2,1-2H3. The molecule has 100 valence electrons. The van der Waals surface area contributed by atoms with Crippen molar-refractivity contribution in [3.8, 4) is 0 Å². The summed E-state index contributed by atoms with van der Waals surface area (Å²) in [4.78, 5) is 18.2. The molecular formula is C12H20N4O2. The van der Waals surface area contributed by atoms with Gasteiger partial charge in [0.15, 0.2) is 0 Å². The Hall–Kier alpha value is -1.43. The summed E-state index contributed by atoms with van der Waals surface area (Å²) in [6.45, 7) is 4.92. The lowest BCUT2D eigenvalue weighted by Gasteiger charge is -2.30. The van der Waals surface area contributed by atoms with Gasteiger partial charge in [0.25, 0.3) is 11.7 Å². The van der Waals surface area contributed by atoms with E-state index in [1.54, 1.807) is 6.92 Å². The molecule has 0 spiro atoms. The Morgan fingerprint density at radius 1 is 1.56 bits per heavy atom. The Kier molecular flexibility index (Phi) is 3.96. The highest BCUT2D eigenvalue weighted by atomic mass is 16.5. The molecule has 2 N–H and O–H groups in total. The highest BCUT2D eigenvalue weighted by Crippen LogP contribution is 2.29. The zero-order chi connectivity index (χ0) is 13.1. The number of hydrogen-bond acceptors (Lipinski definition) is 5. The van der Waals surface area contributed by atoms with Crippen LogP contribution in [0.4, 0.5) is 0 Å². The summed E-state index contributed by atoms with van der Waals surface area (Å²) >= 11 is 0. The molecule has 2 unspecified atom stereocenters. The van der Waals surface area contributed by atoms with Gasteiger partial charge < -0.3 is 15.2 Å². The largest absolute Gasteiger partial charge is 0.339 e. The van der Waals surface area contributed by atoms with Crippen LogP contribution < -0.4 is 5.73 Å². The first kappa shape index (κ1) is 13.0. The van der Waals surface area contributed by atoms with Gasteiger partial charge in [0.05, 0.1) is 0 Å². The second-order valence-electron chi connectivity index (χ2n) is 4.72. The van der Waals surface area contributed by atoms with Crippen LogP contribution in [0, 0.1) is 12.8 Å². The van der Waals surface area contributed by atoms with Gasteiger partial charge >= 0.3 is 0 Å². The summed E-state index contributed by atoms with van der Waals surface area (Å²) in [5.74, 6) is 0.801. The molecule has 1 saturated carbocycles. The molecule has 18 heavy (non-hydrogen) atoms. The third-order valence-electron chi connectivity index (χ3n) is 3.64. The lowest BCUT2D eigenvalue weighted by molar-refractivity contribution is 0.0636. The van der Waals surface area contributed by atoms with Crippen molar-refractivity contribution in [3.05, 3.63) is 11.7 Å². The monoisotopic (exact) mass is 252 g/mol. The summed E-state index contributed by atoms with van der Waals surface area (Å²) in [6.07, 6.45) is 3.23. The van der Waals surface area contributed by atoms with Crippen LogP contribution in [0.25, 0.3) is 0 Å². The van der Waals surface area contributed by atoms with Crippen LogP contribution in [0.5, 0.6) is 0 Å². The number of aromatic nitrogens is 2. The van der Waals surface area contributed by atoms with E-state index in [1.807, 2.05) is 11.8 Å². The molecule has 0 aromatic carbocycles. The lowest BCUT2D eigenvalue weighted by atomic mass is 10.0. The minimum Gasteiger partial charge on any atom is -0.339 e. The second-order valence-corrected chi connectivity index (χ2v) is 4.72. The predicted molar refractivity (Wildman–Crippen MR) is 65.9 cm³/mol. The summed E-state index contributed by atoms with van der Waals surface area (Å²) < 4.78 is 4.86. The Bertz CT molecular complexity index is 418. The van der Waals surface area contributed by atoms with Gasteiger partial charge in [-0.25, -0.2) is 0 Å². The number of nitrogens with zero attached hydrogens (tertiary/aromatic N) is 3. The van der Waals surface area contributed by atoms with Gasteiger partial charge in [0.1, 0.15) is 0 Å². The minimum absolute atomic E-state index is 0.150. The molecule has 0 saturated heterocycles. The molecule has 0 aliphatic heterocycles. The average Bonchev–Trinajstić information content (AvgIpc) is 2.98. The fourth-order valence-electron chi connectivity index (χ4n) is 2.75. The molecule has 1 aromatic rings. The van der Waals surface area contributed by atoms with E-state index < -0.39 is 0 Å². The van der Waals surface area contributed by atoms with Crippen LogP contribution in [-0.2, 0) is 0 Å². The van der Waals surface area contributed by atoms with E-state index in [0.717, 1.165) is 19.3 Å². The van der Waals surface area contributed by atoms with Gasteiger partial charge in [-0.2, -0.15) is 4.98 Å². The second kappa shape index (κ2) is 5.48. The molecule has 1 aliphatic rings. The van der Waals surface area contributed by atoms with Crippen molar-refractivity contribution in [2.24, 2.45) is 11.7 Å². The van der Waals surface area contributed by atoms with Crippen molar-refractivity contribution in [3.63, 3.8) is 0 Å². The molecule has 1 fully saturated rings. The van der Waals surface area contributed by atoms with E-state index in [1.165, 1.54) is 0 Å². The van der Waals surface area contributed by atoms with E-state index >= 15 is 0 Å². The van der Waals surface area contributed by atoms with Crippen molar-refractivity contribution in [2.75, 3.05) is 13.1 Å². The zero-order valence-corrected chi connectivity index (χ0v) is 10.9. The molecule has 2 atom stereocenters. The van der Waals surface area contributed by atoms with Gasteiger partial charge in [-0.3, -0.25) is 4.79 Å². The maximum absolute atomic E-state index is 12.3. The zero-order valence-electron chi connectivity index (χ0n) is 10.9. The Labute approximate surface area is 107 Å². The lowest BCUT2D eigenvalue weighted by Crippen LogP contribution is -2.44. The van der Waals surface area contributed by atoms with Crippen molar-refractivity contribution >= 4 is 5.91 Å². The minimum atomic E-state index is -0.153. The predicted octanol–water partition coefficient (Wildman–Crippen LogP) is 0.968. The van der Waals surface area contributed by atoms with Crippen LogP contribution in [0.2, 0.25) is 0 Å². The fourth-order valence-corrected chi connectivity index (χ4v) is 2.75. The highest BCUT2D eigenvalue weighted by Gasteiger charge is 2.34. The number of hydrogen-bond donors (Lipinski definition) is 1. The molecule has 6 nitrogen and oxygen atoms in total. The third kappa shape index (κ3) is 2.38. The molecular weight excluding hydrogens is 232 g/mol. The van der Waals surface area contributed by atoms with Crippen LogP contribution in [0.3, 0.4) is 0 Å². The van der Waals surface area contributed by atoms with E-state index in [2.05, 4.69) is 10.1 Å². The quantitative estimate of drug-likeness (QED) is 0.863. The third-order valence-corrected chi connectivity index (χ3v) is 3.64. The molecule has 1 aromatic heterocycles. The highest BCUT2D eigenvalue weighted by molar-refractivity contribution is 5.90. The number of nitrogens with two attached hydrogens (primary N) is 1. The molecule has 2 rings (SSSR count). The molecule has 1 amide bonds. The topological polar surface area (TPSA) is 85.2 Å². The van der Waals surface area contributed by atoms with E-state index in [-0.39, 0.29) is 17.8 Å². The number of aryl methyl sites for hydroxylation is 1. The van der Waals surface area contributed by atoms with Crippen LogP contribution >= 0.6 is 0 Å². The Balaban J connectivity index is 2.15. The van der Waals surface area contributed by atoms with Crippen molar-refractivity contribution in [2.45, 2.75) is 39.2 Å². The molecule has 1 aliphatic carbocycles. The van der Waals surface area contributed by atoms with Gasteiger partial charge in [-0.05, 0) is 32.2 Å². The SMILES string of the molecule is CCN(C(=O)c1noc(C)n1)C1CCCC1CN. The summed E-state index contributed by atoms with van der Waals surface area (Å²) in [7, 11) is 0. The van der Waals surface area contributed by atoms with Crippen LogP contribution in [-0.4, -0.2) is 40.1 Å². The number of carbonyl (C=O) groups is 1. The first-order chi connectivity index (χ1) is 8.67. The van der Waals surface area contributed by atoms with E-state index in [9.17, 15) is 4.79 Å². The van der Waals surface area contributed by atoms with Crippen molar-refractivity contribution in [1.82, 2.24) is 15.0 Å². The number of carbonyl (C=O) groups excluding carboxylic acids is 1. The number of rotatable bonds is 4. The maximum atomic E-state index is 12.3. The van der Waals surface area contributed by atoms with Crippen LogP contribution in [0.1, 0.15) is 42.7 Å². The summed E-state index contributed by atoms with van der Waals surface area (Å²) in [5, 5.41) is 3.70. The van der Waals surface area contributed by atoms with E-state index in [4.69, 9.17) is 10.3 Å².